The van der Waals surface area contributed by atoms with Gasteiger partial charge in [-0.3, -0.25) is 4.79 Å². The number of aliphatic hydroxyl groups excluding tert-OH is 1. The Kier molecular flexibility index (Phi) is 3.30. The molecule has 2 rings (SSSR count). The number of carbonyl (C=O) groups excluding carboxylic acids is 1. The number of halogens is 1. The van der Waals surface area contributed by atoms with E-state index in [4.69, 9.17) is 4.74 Å². The van der Waals surface area contributed by atoms with Crippen molar-refractivity contribution in [3.05, 3.63) is 33.8 Å². The normalized spacial score (nSPS) is 22.9. The van der Waals surface area contributed by atoms with Gasteiger partial charge >= 0.3 is 5.97 Å². The highest BCUT2D eigenvalue weighted by Crippen LogP contribution is 2.40. The van der Waals surface area contributed by atoms with Crippen LogP contribution in [-0.4, -0.2) is 17.7 Å². The largest absolute Gasteiger partial charge is 0.466 e. The van der Waals surface area contributed by atoms with E-state index in [0.717, 1.165) is 15.6 Å². The monoisotopic (exact) mass is 284 g/mol. The Labute approximate surface area is 103 Å². The molecule has 0 spiro atoms. The molecule has 1 unspecified atom stereocenters. The molecule has 0 aromatic heterocycles. The van der Waals surface area contributed by atoms with Crippen LogP contribution >= 0.6 is 15.9 Å². The summed E-state index contributed by atoms with van der Waals surface area (Å²) < 4.78 is 5.89. The van der Waals surface area contributed by atoms with Crippen molar-refractivity contribution < 1.29 is 14.6 Å². The number of rotatable bonds is 2. The number of carbonyl (C=O) groups is 1. The molecule has 86 valence electrons. The SMILES string of the molecule is CCOC(=O)[C@@H]1Cc2c(Br)cccc2C1O. The summed E-state index contributed by atoms with van der Waals surface area (Å²) in [6.45, 7) is 2.11. The van der Waals surface area contributed by atoms with Crippen molar-refractivity contribution in [2.45, 2.75) is 19.4 Å². The lowest BCUT2D eigenvalue weighted by Crippen LogP contribution is -2.21. The third kappa shape index (κ3) is 1.87. The topological polar surface area (TPSA) is 46.5 Å². The highest BCUT2D eigenvalue weighted by Gasteiger charge is 2.37. The first-order valence-corrected chi connectivity index (χ1v) is 6.06. The average Bonchev–Trinajstić information content (AvgIpc) is 2.59. The Morgan fingerprint density at radius 2 is 2.38 bits per heavy atom. The summed E-state index contributed by atoms with van der Waals surface area (Å²) in [5.74, 6) is -0.785. The first-order chi connectivity index (χ1) is 7.65. The summed E-state index contributed by atoms with van der Waals surface area (Å²) in [6, 6.07) is 5.63. The molecule has 0 saturated heterocycles. The molecule has 0 amide bonds. The molecule has 1 N–H and O–H groups in total. The fourth-order valence-electron chi connectivity index (χ4n) is 2.08. The first-order valence-electron chi connectivity index (χ1n) is 5.27. The Morgan fingerprint density at radius 1 is 1.62 bits per heavy atom. The van der Waals surface area contributed by atoms with Gasteiger partial charge in [0.25, 0.3) is 0 Å². The average molecular weight is 285 g/mol. The molecule has 2 atom stereocenters. The van der Waals surface area contributed by atoms with Gasteiger partial charge in [-0.25, -0.2) is 0 Å². The van der Waals surface area contributed by atoms with E-state index in [1.165, 1.54) is 0 Å². The van der Waals surface area contributed by atoms with Gasteiger partial charge < -0.3 is 9.84 Å². The molecule has 0 fully saturated rings. The van der Waals surface area contributed by atoms with E-state index in [2.05, 4.69) is 15.9 Å². The fourth-order valence-corrected chi connectivity index (χ4v) is 2.62. The number of hydrogen-bond donors (Lipinski definition) is 1. The third-order valence-electron chi connectivity index (χ3n) is 2.87. The standard InChI is InChI=1S/C12H13BrO3/c1-2-16-12(15)9-6-8-7(11(9)14)4-3-5-10(8)13/h3-5,9,11,14H,2,6H2,1H3/t9-,11?/m1/s1. The quantitative estimate of drug-likeness (QED) is 0.847. The summed E-state index contributed by atoms with van der Waals surface area (Å²) in [5, 5.41) is 10.0. The Bertz CT molecular complexity index is 417. The number of hydrogen-bond acceptors (Lipinski definition) is 3. The van der Waals surface area contributed by atoms with Crippen LogP contribution in [0.4, 0.5) is 0 Å². The van der Waals surface area contributed by atoms with Crippen LogP contribution in [0.5, 0.6) is 0 Å². The van der Waals surface area contributed by atoms with Crippen molar-refractivity contribution in [1.82, 2.24) is 0 Å². The van der Waals surface area contributed by atoms with E-state index in [9.17, 15) is 9.90 Å². The van der Waals surface area contributed by atoms with Crippen LogP contribution in [0.25, 0.3) is 0 Å². The van der Waals surface area contributed by atoms with E-state index in [0.29, 0.717) is 13.0 Å². The Hall–Kier alpha value is -0.870. The maximum absolute atomic E-state index is 11.6. The lowest BCUT2D eigenvalue weighted by atomic mass is 10.0. The summed E-state index contributed by atoms with van der Waals surface area (Å²) in [5.41, 5.74) is 1.83. The zero-order valence-corrected chi connectivity index (χ0v) is 10.5. The molecule has 1 aliphatic carbocycles. The van der Waals surface area contributed by atoms with Gasteiger partial charge in [-0.2, -0.15) is 0 Å². The highest BCUT2D eigenvalue weighted by atomic mass is 79.9. The van der Waals surface area contributed by atoms with Crippen LogP contribution in [0, 0.1) is 5.92 Å². The zero-order valence-electron chi connectivity index (χ0n) is 8.94. The van der Waals surface area contributed by atoms with Crippen molar-refractivity contribution >= 4 is 21.9 Å². The second-order valence-electron chi connectivity index (χ2n) is 3.82. The van der Waals surface area contributed by atoms with Crippen LogP contribution < -0.4 is 0 Å². The van der Waals surface area contributed by atoms with Crippen LogP contribution in [0.3, 0.4) is 0 Å². The van der Waals surface area contributed by atoms with Crippen molar-refractivity contribution in [2.75, 3.05) is 6.61 Å². The number of esters is 1. The summed E-state index contributed by atoms with van der Waals surface area (Å²) in [4.78, 5) is 11.6. The van der Waals surface area contributed by atoms with E-state index < -0.39 is 12.0 Å². The number of benzene rings is 1. The highest BCUT2D eigenvalue weighted by molar-refractivity contribution is 9.10. The minimum absolute atomic E-state index is 0.321. The predicted molar refractivity (Wildman–Crippen MR) is 62.9 cm³/mol. The van der Waals surface area contributed by atoms with Gasteiger partial charge in [0.05, 0.1) is 18.6 Å². The molecule has 0 radical (unpaired) electrons. The van der Waals surface area contributed by atoms with Crippen molar-refractivity contribution in [2.24, 2.45) is 5.92 Å². The molecule has 0 heterocycles. The Morgan fingerprint density at radius 3 is 3.00 bits per heavy atom. The number of fused-ring (bicyclic) bond motifs is 1. The predicted octanol–water partition coefficient (Wildman–Crippen LogP) is 2.22. The molecule has 3 nitrogen and oxygen atoms in total. The van der Waals surface area contributed by atoms with E-state index in [1.54, 1.807) is 6.92 Å². The molecule has 1 aromatic rings. The van der Waals surface area contributed by atoms with Crippen LogP contribution in [0.2, 0.25) is 0 Å². The molecule has 4 heteroatoms. The van der Waals surface area contributed by atoms with Gasteiger partial charge in [0, 0.05) is 4.47 Å². The second-order valence-corrected chi connectivity index (χ2v) is 4.67. The summed E-state index contributed by atoms with van der Waals surface area (Å²) in [6.07, 6.45) is -0.205. The molecule has 0 saturated carbocycles. The van der Waals surface area contributed by atoms with Crippen LogP contribution in [0.1, 0.15) is 24.2 Å². The van der Waals surface area contributed by atoms with Gasteiger partial charge in [-0.1, -0.05) is 28.1 Å². The van der Waals surface area contributed by atoms with Crippen molar-refractivity contribution in [3.8, 4) is 0 Å². The van der Waals surface area contributed by atoms with Crippen molar-refractivity contribution in [1.29, 1.82) is 0 Å². The minimum atomic E-state index is -0.744. The van der Waals surface area contributed by atoms with Gasteiger partial charge in [-0.05, 0) is 30.5 Å². The lowest BCUT2D eigenvalue weighted by Gasteiger charge is -2.12. The van der Waals surface area contributed by atoms with E-state index in [-0.39, 0.29) is 5.97 Å². The van der Waals surface area contributed by atoms with Crippen LogP contribution in [0.15, 0.2) is 22.7 Å². The number of aliphatic hydroxyl groups is 1. The Balaban J connectivity index is 2.27. The van der Waals surface area contributed by atoms with Gasteiger partial charge in [0.15, 0.2) is 0 Å². The molecule has 0 bridgehead atoms. The van der Waals surface area contributed by atoms with Gasteiger partial charge in [0.1, 0.15) is 0 Å². The van der Waals surface area contributed by atoms with E-state index in [1.807, 2.05) is 18.2 Å². The van der Waals surface area contributed by atoms with Gasteiger partial charge in [0.2, 0.25) is 0 Å². The molecule has 0 aliphatic heterocycles. The maximum atomic E-state index is 11.6. The van der Waals surface area contributed by atoms with Gasteiger partial charge in [-0.15, -0.1) is 0 Å². The molecular weight excluding hydrogens is 272 g/mol. The minimum Gasteiger partial charge on any atom is -0.466 e. The van der Waals surface area contributed by atoms with Crippen LogP contribution in [-0.2, 0) is 16.0 Å². The fraction of sp³-hybridized carbons (Fsp3) is 0.417. The number of ether oxygens (including phenoxy) is 1. The second kappa shape index (κ2) is 4.55. The maximum Gasteiger partial charge on any atom is 0.312 e. The third-order valence-corrected chi connectivity index (χ3v) is 3.61. The molecule has 16 heavy (non-hydrogen) atoms. The molecular formula is C12H13BrO3. The molecule has 1 aliphatic rings. The van der Waals surface area contributed by atoms with Crippen molar-refractivity contribution in [3.63, 3.8) is 0 Å². The van der Waals surface area contributed by atoms with E-state index >= 15 is 0 Å². The molecule has 1 aromatic carbocycles. The summed E-state index contributed by atoms with van der Waals surface area (Å²) >= 11 is 3.43. The zero-order chi connectivity index (χ0) is 11.7. The first kappa shape index (κ1) is 11.6. The summed E-state index contributed by atoms with van der Waals surface area (Å²) in [7, 11) is 0. The lowest BCUT2D eigenvalue weighted by molar-refractivity contribution is -0.151. The smallest absolute Gasteiger partial charge is 0.312 e.